The lowest BCUT2D eigenvalue weighted by atomic mass is 10.1. The third-order valence-corrected chi connectivity index (χ3v) is 7.28. The molecule has 8 nitrogen and oxygen atoms in total. The molecular formula is C17H18BrN5O3S2. The zero-order valence-corrected chi connectivity index (χ0v) is 18.3. The van der Waals surface area contributed by atoms with Crippen molar-refractivity contribution in [1.82, 2.24) is 15.0 Å². The first kappa shape index (κ1) is 19.5. The lowest BCUT2D eigenvalue weighted by Crippen LogP contribution is -2.31. The minimum absolute atomic E-state index is 0.307. The number of piperidine rings is 1. The second-order valence-electron chi connectivity index (χ2n) is 6.37. The van der Waals surface area contributed by atoms with Gasteiger partial charge in [0.2, 0.25) is 5.95 Å². The fraction of sp³-hybridized carbons (Fsp3) is 0.353. The topological polar surface area (TPSA) is 97.3 Å². The summed E-state index contributed by atoms with van der Waals surface area (Å²) < 4.78 is 32.0. The predicted octanol–water partition coefficient (Wildman–Crippen LogP) is 3.81. The molecule has 148 valence electrons. The summed E-state index contributed by atoms with van der Waals surface area (Å²) in [7, 11) is -2.77. The minimum atomic E-state index is -3.87. The Balaban J connectivity index is 1.81. The van der Waals surface area contributed by atoms with Crippen LogP contribution < -0.4 is 9.62 Å². The van der Waals surface area contributed by atoms with Crippen LogP contribution in [0, 0.1) is 0 Å². The van der Waals surface area contributed by atoms with Gasteiger partial charge in [-0.3, -0.25) is 13.9 Å². The van der Waals surface area contributed by atoms with Crippen LogP contribution in [0.2, 0.25) is 0 Å². The van der Waals surface area contributed by atoms with Crippen molar-refractivity contribution in [1.29, 1.82) is 0 Å². The average Bonchev–Trinajstić information content (AvgIpc) is 3.09. The SMILES string of the molecule is COS(=O)(=O)Nc1cncc(-c2nc(N3CCCCC3)nc3c(Br)csc23)c1. The number of pyridine rings is 1. The predicted molar refractivity (Wildman–Crippen MR) is 114 cm³/mol. The summed E-state index contributed by atoms with van der Waals surface area (Å²) in [5.41, 5.74) is 2.59. The first-order valence-electron chi connectivity index (χ1n) is 8.70. The van der Waals surface area contributed by atoms with Crippen LogP contribution in [-0.4, -0.2) is 43.6 Å². The summed E-state index contributed by atoms with van der Waals surface area (Å²) in [5, 5.41) is 1.98. The quantitative estimate of drug-likeness (QED) is 0.588. The van der Waals surface area contributed by atoms with Crippen LogP contribution >= 0.6 is 27.3 Å². The van der Waals surface area contributed by atoms with Gasteiger partial charge in [-0.05, 0) is 41.3 Å². The molecule has 0 atom stereocenters. The number of anilines is 2. The standard InChI is InChI=1S/C17H18BrN5O3S2/c1-26-28(24,25)22-12-7-11(8-19-9-12)14-16-15(13(18)10-27-16)21-17(20-14)23-5-3-2-4-6-23/h7-10,22H,2-6H2,1H3. The van der Waals surface area contributed by atoms with Gasteiger partial charge in [0.15, 0.2) is 0 Å². The maximum atomic E-state index is 11.7. The van der Waals surface area contributed by atoms with Crippen LogP contribution in [0.5, 0.6) is 0 Å². The normalized spacial score (nSPS) is 15.1. The molecule has 1 aliphatic heterocycles. The fourth-order valence-electron chi connectivity index (χ4n) is 3.12. The van der Waals surface area contributed by atoms with E-state index in [1.54, 1.807) is 12.3 Å². The zero-order chi connectivity index (χ0) is 19.7. The molecule has 0 unspecified atom stereocenters. The molecule has 0 radical (unpaired) electrons. The number of thiophene rings is 1. The monoisotopic (exact) mass is 483 g/mol. The molecule has 3 aromatic heterocycles. The van der Waals surface area contributed by atoms with Crippen LogP contribution in [0.25, 0.3) is 21.5 Å². The molecule has 0 spiro atoms. The van der Waals surface area contributed by atoms with E-state index in [-0.39, 0.29) is 0 Å². The number of rotatable bonds is 5. The fourth-order valence-corrected chi connectivity index (χ4v) is 5.18. The Morgan fingerprint density at radius 2 is 2.00 bits per heavy atom. The van der Waals surface area contributed by atoms with Gasteiger partial charge in [-0.15, -0.1) is 11.3 Å². The molecule has 11 heteroatoms. The minimum Gasteiger partial charge on any atom is -0.341 e. The Bertz CT molecular complexity index is 1110. The summed E-state index contributed by atoms with van der Waals surface area (Å²) in [4.78, 5) is 16.0. The Morgan fingerprint density at radius 1 is 1.21 bits per heavy atom. The molecule has 1 fully saturated rings. The van der Waals surface area contributed by atoms with Gasteiger partial charge in [0.05, 0.1) is 33.9 Å². The highest BCUT2D eigenvalue weighted by atomic mass is 79.9. The number of nitrogens with one attached hydrogen (secondary N) is 1. The van der Waals surface area contributed by atoms with E-state index >= 15 is 0 Å². The highest BCUT2D eigenvalue weighted by molar-refractivity contribution is 9.10. The maximum absolute atomic E-state index is 11.7. The Hall–Kier alpha value is -1.82. The molecule has 0 aromatic carbocycles. The van der Waals surface area contributed by atoms with Crippen molar-refractivity contribution in [2.45, 2.75) is 19.3 Å². The second kappa shape index (κ2) is 7.90. The molecule has 4 heterocycles. The Labute approximate surface area is 175 Å². The van der Waals surface area contributed by atoms with Crippen LogP contribution in [0.15, 0.2) is 28.3 Å². The summed E-state index contributed by atoms with van der Waals surface area (Å²) in [6, 6.07) is 1.69. The highest BCUT2D eigenvalue weighted by Gasteiger charge is 2.20. The number of nitrogens with zero attached hydrogens (tertiary/aromatic N) is 4. The molecule has 1 aliphatic rings. The van der Waals surface area contributed by atoms with E-state index in [2.05, 4.69) is 34.7 Å². The molecule has 3 aromatic rings. The van der Waals surface area contributed by atoms with E-state index in [4.69, 9.17) is 9.97 Å². The van der Waals surface area contributed by atoms with Gasteiger partial charge in [-0.25, -0.2) is 9.97 Å². The average molecular weight is 484 g/mol. The van der Waals surface area contributed by atoms with Crippen molar-refractivity contribution < 1.29 is 12.6 Å². The Kier molecular flexibility index (Phi) is 5.50. The van der Waals surface area contributed by atoms with Crippen LogP contribution in [0.4, 0.5) is 11.6 Å². The van der Waals surface area contributed by atoms with E-state index < -0.39 is 10.3 Å². The molecular weight excluding hydrogens is 466 g/mol. The summed E-state index contributed by atoms with van der Waals surface area (Å²) in [6.07, 6.45) is 6.56. The summed E-state index contributed by atoms with van der Waals surface area (Å²) in [5.74, 6) is 0.684. The van der Waals surface area contributed by atoms with E-state index in [0.717, 1.165) is 53.4 Å². The highest BCUT2D eigenvalue weighted by Crippen LogP contribution is 2.37. The first-order valence-corrected chi connectivity index (χ1v) is 11.8. The number of hydrogen-bond donors (Lipinski definition) is 1. The van der Waals surface area contributed by atoms with Crippen molar-refractivity contribution in [3.8, 4) is 11.3 Å². The van der Waals surface area contributed by atoms with E-state index in [0.29, 0.717) is 17.2 Å². The molecule has 0 amide bonds. The maximum Gasteiger partial charge on any atom is 0.359 e. The molecule has 1 N–H and O–H groups in total. The van der Waals surface area contributed by atoms with Gasteiger partial charge < -0.3 is 4.90 Å². The lowest BCUT2D eigenvalue weighted by molar-refractivity contribution is 0.402. The molecule has 1 saturated heterocycles. The van der Waals surface area contributed by atoms with Gasteiger partial charge in [0.25, 0.3) is 0 Å². The smallest absolute Gasteiger partial charge is 0.341 e. The van der Waals surface area contributed by atoms with Gasteiger partial charge in [0.1, 0.15) is 5.52 Å². The summed E-state index contributed by atoms with van der Waals surface area (Å²) in [6.45, 7) is 1.86. The van der Waals surface area contributed by atoms with Gasteiger partial charge >= 0.3 is 10.3 Å². The van der Waals surface area contributed by atoms with Crippen LogP contribution in [-0.2, 0) is 14.5 Å². The number of hydrogen-bond acceptors (Lipinski definition) is 8. The van der Waals surface area contributed by atoms with Crippen molar-refractivity contribution in [2.24, 2.45) is 0 Å². The lowest BCUT2D eigenvalue weighted by Gasteiger charge is -2.27. The largest absolute Gasteiger partial charge is 0.359 e. The number of halogens is 1. The van der Waals surface area contributed by atoms with Crippen LogP contribution in [0.3, 0.4) is 0 Å². The number of aromatic nitrogens is 3. The molecule has 0 aliphatic carbocycles. The van der Waals surface area contributed by atoms with Crippen molar-refractivity contribution in [2.75, 3.05) is 29.8 Å². The third-order valence-electron chi connectivity index (χ3n) is 4.47. The van der Waals surface area contributed by atoms with Crippen molar-refractivity contribution in [3.63, 3.8) is 0 Å². The van der Waals surface area contributed by atoms with Crippen molar-refractivity contribution >= 4 is 59.4 Å². The first-order chi connectivity index (χ1) is 13.5. The van der Waals surface area contributed by atoms with Crippen molar-refractivity contribution in [3.05, 3.63) is 28.3 Å². The third kappa shape index (κ3) is 3.97. The second-order valence-corrected chi connectivity index (χ2v) is 9.55. The van der Waals surface area contributed by atoms with Gasteiger partial charge in [-0.2, -0.15) is 8.42 Å². The molecule has 0 bridgehead atoms. The molecule has 0 saturated carbocycles. The zero-order valence-electron chi connectivity index (χ0n) is 15.1. The van der Waals surface area contributed by atoms with Crippen LogP contribution in [0.1, 0.15) is 19.3 Å². The van der Waals surface area contributed by atoms with E-state index in [9.17, 15) is 8.42 Å². The summed E-state index contributed by atoms with van der Waals surface area (Å²) >= 11 is 5.11. The van der Waals surface area contributed by atoms with Gasteiger partial charge in [0, 0.05) is 30.2 Å². The molecule has 28 heavy (non-hydrogen) atoms. The van der Waals surface area contributed by atoms with E-state index in [1.807, 2.05) is 5.38 Å². The Morgan fingerprint density at radius 3 is 2.75 bits per heavy atom. The number of fused-ring (bicyclic) bond motifs is 1. The van der Waals surface area contributed by atoms with E-state index in [1.165, 1.54) is 24.0 Å². The molecule has 4 rings (SSSR count). The van der Waals surface area contributed by atoms with Gasteiger partial charge in [-0.1, -0.05) is 0 Å².